The first kappa shape index (κ1) is 44.3. The highest BCUT2D eigenvalue weighted by Crippen LogP contribution is 2.29. The number of para-hydroxylation sites is 2. The number of hydrogen-bond acceptors (Lipinski definition) is 14. The lowest BCUT2D eigenvalue weighted by Crippen LogP contribution is -2.15. The molecule has 55 heavy (non-hydrogen) atoms. The first-order valence-electron chi connectivity index (χ1n) is 16.2. The van der Waals surface area contributed by atoms with Crippen molar-refractivity contribution < 1.29 is 14.3 Å². The molecular formula is C39H44N12O3S. The predicted octanol–water partition coefficient (Wildman–Crippen LogP) is 8.39. The van der Waals surface area contributed by atoms with Crippen LogP contribution in [0.4, 0.5) is 17.3 Å². The number of nitriles is 2. The van der Waals surface area contributed by atoms with Crippen LogP contribution >= 0.6 is 11.3 Å². The van der Waals surface area contributed by atoms with Crippen molar-refractivity contribution in [3.63, 3.8) is 0 Å². The third kappa shape index (κ3) is 11.5. The molecule has 0 bridgehead atoms. The van der Waals surface area contributed by atoms with Crippen LogP contribution in [0, 0.1) is 42.4 Å². The van der Waals surface area contributed by atoms with Gasteiger partial charge < -0.3 is 10.1 Å². The lowest BCUT2D eigenvalue weighted by atomic mass is 10.0. The van der Waals surface area contributed by atoms with Gasteiger partial charge in [-0.2, -0.15) is 35.2 Å². The average molecular weight is 761 g/mol. The summed E-state index contributed by atoms with van der Waals surface area (Å²) in [6, 6.07) is 19.0. The molecule has 284 valence electrons. The summed E-state index contributed by atoms with van der Waals surface area (Å²) in [6.45, 7) is 21.6. The number of carbonyl (C=O) groups is 2. The van der Waals surface area contributed by atoms with Crippen molar-refractivity contribution in [2.75, 3.05) is 12.4 Å². The Balaban J connectivity index is 0.000000345. The number of carbonyl (C=O) groups excluding carboxylic acids is 2. The Hall–Kier alpha value is -6.91. The molecule has 16 heteroatoms. The van der Waals surface area contributed by atoms with Gasteiger partial charge in [0.15, 0.2) is 17.4 Å². The van der Waals surface area contributed by atoms with Gasteiger partial charge in [0, 0.05) is 11.4 Å². The molecule has 5 aromatic rings. The monoisotopic (exact) mass is 760 g/mol. The molecule has 3 aromatic heterocycles. The van der Waals surface area contributed by atoms with Gasteiger partial charge in [0.25, 0.3) is 0 Å². The Bertz CT molecular complexity index is 2250. The van der Waals surface area contributed by atoms with Crippen LogP contribution < -0.4 is 10.1 Å². The Morgan fingerprint density at radius 1 is 0.873 bits per heavy atom. The number of hydrogen-bond donors (Lipinski definition) is 1. The van der Waals surface area contributed by atoms with E-state index in [0.29, 0.717) is 10.7 Å². The van der Waals surface area contributed by atoms with Crippen LogP contribution in [0.5, 0.6) is 5.75 Å². The first-order chi connectivity index (χ1) is 25.8. The molecule has 0 spiro atoms. The number of azo groups is 1. The molecule has 0 fully saturated rings. The van der Waals surface area contributed by atoms with Crippen LogP contribution in [0.2, 0.25) is 0 Å². The Morgan fingerprint density at radius 3 is 1.85 bits per heavy atom. The largest absolute Gasteiger partial charge is 0.496 e. The van der Waals surface area contributed by atoms with Gasteiger partial charge in [-0.15, -0.1) is 15.3 Å². The number of nitrogens with zero attached hydrogens (tertiary/aromatic N) is 11. The number of benzene rings is 2. The second kappa shape index (κ2) is 21.0. The van der Waals surface area contributed by atoms with Crippen LogP contribution in [0.1, 0.15) is 57.4 Å². The fourth-order valence-corrected chi connectivity index (χ4v) is 5.18. The second-order valence-electron chi connectivity index (χ2n) is 11.7. The number of nitrogens with one attached hydrogen (secondary N) is 1. The topological polar surface area (TPSA) is 201 Å². The molecule has 2 unspecified atom stereocenters. The highest BCUT2D eigenvalue weighted by Gasteiger charge is 2.21. The van der Waals surface area contributed by atoms with Crippen LogP contribution in [0.15, 0.2) is 101 Å². The van der Waals surface area contributed by atoms with Crippen LogP contribution in [-0.4, -0.2) is 61.2 Å². The van der Waals surface area contributed by atoms with Crippen molar-refractivity contribution in [1.82, 2.24) is 29.8 Å². The average Bonchev–Trinajstić information content (AvgIpc) is 3.90. The number of aryl methyl sites for hydroxylation is 2. The predicted molar refractivity (Wildman–Crippen MR) is 215 cm³/mol. The van der Waals surface area contributed by atoms with E-state index in [4.69, 9.17) is 10.00 Å². The zero-order valence-electron chi connectivity index (χ0n) is 31.1. The molecule has 0 aliphatic rings. The maximum Gasteiger partial charge on any atom is 0.236 e. The minimum Gasteiger partial charge on any atom is -0.496 e. The summed E-state index contributed by atoms with van der Waals surface area (Å²) in [7, 11) is 1.68. The SMILES string of the molecule is C.C=C(Nc1ccccc1C)C(C)C(C)=O.C=Nc1c(C#N)cnn1-c1nnc(-n2ncc(C#N)c2N=NC(C(=C)C)C(C)=O)s1.COc1ccccc1C. The Labute approximate surface area is 325 Å². The van der Waals surface area contributed by atoms with E-state index in [-0.39, 0.29) is 52.8 Å². The molecule has 5 rings (SSSR count). The third-order valence-electron chi connectivity index (χ3n) is 7.65. The molecule has 0 saturated heterocycles. The van der Waals surface area contributed by atoms with Gasteiger partial charge in [-0.3, -0.25) is 9.59 Å². The van der Waals surface area contributed by atoms with Gasteiger partial charge >= 0.3 is 0 Å². The van der Waals surface area contributed by atoms with E-state index in [2.05, 4.69) is 60.8 Å². The Morgan fingerprint density at radius 2 is 1.40 bits per heavy atom. The lowest BCUT2D eigenvalue weighted by molar-refractivity contribution is -0.119. The molecular weight excluding hydrogens is 717 g/mol. The normalized spacial score (nSPS) is 11.1. The van der Waals surface area contributed by atoms with E-state index in [1.54, 1.807) is 21.0 Å². The summed E-state index contributed by atoms with van der Waals surface area (Å²) < 4.78 is 7.63. The first-order valence-corrected chi connectivity index (χ1v) is 17.0. The summed E-state index contributed by atoms with van der Waals surface area (Å²) in [6.07, 6.45) is 2.64. The van der Waals surface area contributed by atoms with E-state index in [1.807, 2.05) is 81.4 Å². The number of allylic oxidation sites excluding steroid dienone is 1. The fourth-order valence-electron chi connectivity index (χ4n) is 4.41. The molecule has 2 atom stereocenters. The number of aromatic nitrogens is 6. The number of aliphatic imine (C=N–C) groups is 1. The van der Waals surface area contributed by atoms with E-state index in [0.717, 1.165) is 34.0 Å². The molecule has 2 aromatic carbocycles. The van der Waals surface area contributed by atoms with E-state index < -0.39 is 6.04 Å². The molecule has 0 amide bonds. The molecule has 0 aliphatic carbocycles. The van der Waals surface area contributed by atoms with Gasteiger partial charge in [-0.25, -0.2) is 4.99 Å². The minimum absolute atomic E-state index is 0. The summed E-state index contributed by atoms with van der Waals surface area (Å²) in [5.41, 5.74) is 4.98. The summed E-state index contributed by atoms with van der Waals surface area (Å²) in [4.78, 5) is 26.7. The van der Waals surface area contributed by atoms with Gasteiger partial charge in [0.2, 0.25) is 10.3 Å². The molecule has 3 heterocycles. The third-order valence-corrected chi connectivity index (χ3v) is 8.52. The minimum atomic E-state index is -0.834. The van der Waals surface area contributed by atoms with Crippen LogP contribution in [0.3, 0.4) is 0 Å². The van der Waals surface area contributed by atoms with Crippen molar-refractivity contribution in [3.8, 4) is 28.2 Å². The number of ether oxygens (including phenoxy) is 1. The van der Waals surface area contributed by atoms with Crippen molar-refractivity contribution >= 4 is 46.9 Å². The Kier molecular flexibility index (Phi) is 16.9. The van der Waals surface area contributed by atoms with Gasteiger partial charge in [-0.1, -0.05) is 68.3 Å². The van der Waals surface area contributed by atoms with Crippen molar-refractivity contribution in [1.29, 1.82) is 10.5 Å². The highest BCUT2D eigenvalue weighted by atomic mass is 32.1. The summed E-state index contributed by atoms with van der Waals surface area (Å²) in [5.74, 6) is 1.02. The quantitative estimate of drug-likeness (QED) is 0.0731. The summed E-state index contributed by atoms with van der Waals surface area (Å²) >= 11 is 1.06. The number of anilines is 1. The fraction of sp³-hybridized carbons (Fsp3) is 0.256. The van der Waals surface area contributed by atoms with Gasteiger partial charge in [0.1, 0.15) is 40.8 Å². The van der Waals surface area contributed by atoms with Crippen LogP contribution in [-0.2, 0) is 9.59 Å². The number of Topliss-reactive ketones (excluding diaryl/α,β-unsaturated/α-hetero) is 2. The van der Waals surface area contributed by atoms with Crippen molar-refractivity contribution in [3.05, 3.63) is 108 Å². The molecule has 0 aliphatic heterocycles. The molecule has 1 N–H and O–H groups in total. The van der Waals surface area contributed by atoms with Gasteiger partial charge in [0.05, 0.1) is 25.4 Å². The van der Waals surface area contributed by atoms with Crippen molar-refractivity contribution in [2.45, 2.75) is 55.0 Å². The van der Waals surface area contributed by atoms with E-state index in [1.165, 1.54) is 34.2 Å². The zero-order chi connectivity index (χ0) is 39.9. The standard InChI is InChI=1S/C17H13N11OS.C13H17NO.C8H10O.CH4/c1-9(2)13(10(3)29)23-24-15-12(6-19)8-22-28(15)17-26-25-16(30-17)27-14(20-4)11(5-18)7-21-27;1-9-7-5-6-8-13(9)14-11(3)10(2)12(4)15;1-7-5-3-4-6-8(7)9-2;/h7-8,13H,1,4H2,2-3H3;5-8,10,14H,3H2,1-2,4H3;3-6H,1-2H3;1H4. The number of methoxy groups -OCH3 is 1. The lowest BCUT2D eigenvalue weighted by Gasteiger charge is -2.15. The highest BCUT2D eigenvalue weighted by molar-refractivity contribution is 7.16. The number of rotatable bonds is 12. The van der Waals surface area contributed by atoms with Crippen molar-refractivity contribution in [2.24, 2.45) is 21.1 Å². The maximum absolute atomic E-state index is 11.7. The van der Waals surface area contributed by atoms with Crippen LogP contribution in [0.25, 0.3) is 10.3 Å². The molecule has 0 saturated carbocycles. The maximum atomic E-state index is 11.7. The molecule has 0 radical (unpaired) electrons. The zero-order valence-corrected chi connectivity index (χ0v) is 31.9. The van der Waals surface area contributed by atoms with E-state index in [9.17, 15) is 14.9 Å². The smallest absolute Gasteiger partial charge is 0.236 e. The summed E-state index contributed by atoms with van der Waals surface area (Å²) in [5, 5.41) is 46.6. The van der Waals surface area contributed by atoms with E-state index >= 15 is 0 Å². The molecule has 15 nitrogen and oxygen atoms in total. The van der Waals surface area contributed by atoms with Gasteiger partial charge in [-0.05, 0) is 77.1 Å². The number of ketones is 2. The second-order valence-corrected chi connectivity index (χ2v) is 12.6.